The van der Waals surface area contributed by atoms with Crippen molar-refractivity contribution in [1.29, 1.82) is 0 Å². The van der Waals surface area contributed by atoms with Crippen molar-refractivity contribution in [3.63, 3.8) is 0 Å². The normalized spacial score (nSPS) is 18.1. The zero-order valence-corrected chi connectivity index (χ0v) is 14.0. The number of piperidine rings is 1. The molecule has 1 unspecified atom stereocenters. The van der Waals surface area contributed by atoms with Crippen LogP contribution in [-0.2, 0) is 4.79 Å². The Labute approximate surface area is 136 Å². The molecule has 6 nitrogen and oxygen atoms in total. The van der Waals surface area contributed by atoms with E-state index in [1.165, 1.54) is 6.92 Å². The van der Waals surface area contributed by atoms with Crippen molar-refractivity contribution < 1.29 is 9.59 Å². The molecule has 2 heterocycles. The summed E-state index contributed by atoms with van der Waals surface area (Å²) >= 11 is 0. The van der Waals surface area contributed by atoms with Gasteiger partial charge in [0.1, 0.15) is 5.56 Å². The third kappa shape index (κ3) is 4.43. The molecule has 1 fully saturated rings. The highest BCUT2D eigenvalue weighted by atomic mass is 16.2. The number of carbonyl (C=O) groups is 2. The van der Waals surface area contributed by atoms with E-state index in [1.54, 1.807) is 17.0 Å². The van der Waals surface area contributed by atoms with Crippen LogP contribution in [0.3, 0.4) is 0 Å². The number of pyridine rings is 1. The lowest BCUT2D eigenvalue weighted by molar-refractivity contribution is -0.119. The smallest absolute Gasteiger partial charge is 0.261 e. The number of H-pyrrole nitrogens is 1. The van der Waals surface area contributed by atoms with E-state index in [0.29, 0.717) is 19.6 Å². The van der Waals surface area contributed by atoms with Crippen LogP contribution in [0.4, 0.5) is 0 Å². The van der Waals surface area contributed by atoms with Gasteiger partial charge in [0.15, 0.2) is 0 Å². The summed E-state index contributed by atoms with van der Waals surface area (Å²) in [6.07, 6.45) is 1.87. The minimum atomic E-state index is -0.329. The van der Waals surface area contributed by atoms with Gasteiger partial charge in [0.2, 0.25) is 5.91 Å². The van der Waals surface area contributed by atoms with E-state index in [2.05, 4.69) is 10.3 Å². The van der Waals surface area contributed by atoms with Crippen LogP contribution < -0.4 is 10.9 Å². The van der Waals surface area contributed by atoms with Crippen molar-refractivity contribution in [2.24, 2.45) is 5.92 Å². The number of aromatic nitrogens is 1. The molecule has 0 spiro atoms. The summed E-state index contributed by atoms with van der Waals surface area (Å²) in [6.45, 7) is 7.27. The molecule has 1 aliphatic heterocycles. The monoisotopic (exact) mass is 319 g/mol. The summed E-state index contributed by atoms with van der Waals surface area (Å²) in [7, 11) is 0. The average molecular weight is 319 g/mol. The Hall–Kier alpha value is -2.11. The van der Waals surface area contributed by atoms with Crippen LogP contribution in [0.1, 0.15) is 55.6 Å². The average Bonchev–Trinajstić information content (AvgIpc) is 2.52. The second-order valence-corrected chi connectivity index (χ2v) is 6.51. The van der Waals surface area contributed by atoms with Gasteiger partial charge < -0.3 is 15.2 Å². The summed E-state index contributed by atoms with van der Waals surface area (Å²) in [5, 5.41) is 2.80. The maximum Gasteiger partial charge on any atom is 0.261 e. The Morgan fingerprint density at radius 2 is 2.13 bits per heavy atom. The Morgan fingerprint density at radius 3 is 2.74 bits per heavy atom. The number of rotatable bonds is 4. The molecule has 2 N–H and O–H groups in total. The molecule has 0 saturated carbocycles. The molecule has 2 amide bonds. The molecule has 1 aromatic rings. The van der Waals surface area contributed by atoms with Crippen molar-refractivity contribution in [2.45, 2.75) is 39.5 Å². The number of aromatic amines is 1. The predicted molar refractivity (Wildman–Crippen MR) is 88.5 cm³/mol. The van der Waals surface area contributed by atoms with E-state index in [-0.39, 0.29) is 34.8 Å². The largest absolute Gasteiger partial charge is 0.356 e. The van der Waals surface area contributed by atoms with E-state index in [0.717, 1.165) is 18.5 Å². The summed E-state index contributed by atoms with van der Waals surface area (Å²) in [5.74, 6) is 0.165. The van der Waals surface area contributed by atoms with E-state index >= 15 is 0 Å². The fourth-order valence-electron chi connectivity index (χ4n) is 2.87. The van der Waals surface area contributed by atoms with Crippen LogP contribution in [0.25, 0.3) is 0 Å². The van der Waals surface area contributed by atoms with Gasteiger partial charge >= 0.3 is 0 Å². The van der Waals surface area contributed by atoms with E-state index in [9.17, 15) is 14.4 Å². The number of nitrogens with one attached hydrogen (secondary N) is 2. The minimum absolute atomic E-state index is 0.0610. The summed E-state index contributed by atoms with van der Waals surface area (Å²) in [6, 6.07) is 3.42. The fraction of sp³-hybridized carbons (Fsp3) is 0.588. The summed E-state index contributed by atoms with van der Waals surface area (Å²) in [5.41, 5.74) is 0.688. The molecule has 0 bridgehead atoms. The molecule has 6 heteroatoms. The van der Waals surface area contributed by atoms with Gasteiger partial charge in [-0.15, -0.1) is 0 Å². The van der Waals surface area contributed by atoms with Gasteiger partial charge in [-0.2, -0.15) is 0 Å². The Morgan fingerprint density at radius 1 is 1.39 bits per heavy atom. The van der Waals surface area contributed by atoms with Crippen molar-refractivity contribution in [3.8, 4) is 0 Å². The fourth-order valence-corrected chi connectivity index (χ4v) is 2.87. The first-order valence-corrected chi connectivity index (χ1v) is 8.15. The molecule has 0 radical (unpaired) electrons. The Bertz CT molecular complexity index is 636. The van der Waals surface area contributed by atoms with Crippen LogP contribution >= 0.6 is 0 Å². The van der Waals surface area contributed by atoms with Crippen molar-refractivity contribution in [1.82, 2.24) is 15.2 Å². The lowest BCUT2D eigenvalue weighted by atomic mass is 9.97. The molecule has 1 aromatic heterocycles. The highest BCUT2D eigenvalue weighted by molar-refractivity contribution is 5.93. The maximum atomic E-state index is 12.6. The second kappa shape index (κ2) is 7.44. The molecular weight excluding hydrogens is 294 g/mol. The summed E-state index contributed by atoms with van der Waals surface area (Å²) < 4.78 is 0. The first-order valence-electron chi connectivity index (χ1n) is 8.15. The lowest BCUT2D eigenvalue weighted by Gasteiger charge is -2.32. The Kier molecular flexibility index (Phi) is 5.58. The van der Waals surface area contributed by atoms with Gasteiger partial charge in [-0.3, -0.25) is 14.4 Å². The van der Waals surface area contributed by atoms with Gasteiger partial charge in [0.05, 0.1) is 0 Å². The predicted octanol–water partition coefficient (Wildman–Crippen LogP) is 1.49. The molecule has 0 aliphatic carbocycles. The SMILES string of the molecule is CC(=O)NCC1CCCN(C(=O)c2ccc(C(C)C)[nH]c2=O)C1. The van der Waals surface area contributed by atoms with Gasteiger partial charge in [-0.25, -0.2) is 0 Å². The van der Waals surface area contributed by atoms with Crippen LogP contribution in [0, 0.1) is 5.92 Å². The highest BCUT2D eigenvalue weighted by Crippen LogP contribution is 2.18. The van der Waals surface area contributed by atoms with Crippen LogP contribution in [0.2, 0.25) is 0 Å². The van der Waals surface area contributed by atoms with E-state index < -0.39 is 0 Å². The first kappa shape index (κ1) is 17.2. The Balaban J connectivity index is 2.07. The molecule has 126 valence electrons. The van der Waals surface area contributed by atoms with E-state index in [1.807, 2.05) is 13.8 Å². The topological polar surface area (TPSA) is 82.3 Å². The van der Waals surface area contributed by atoms with Gasteiger partial charge in [0, 0.05) is 32.3 Å². The third-order valence-electron chi connectivity index (χ3n) is 4.23. The molecular formula is C17H25N3O3. The highest BCUT2D eigenvalue weighted by Gasteiger charge is 2.26. The van der Waals surface area contributed by atoms with Gasteiger partial charge in [-0.1, -0.05) is 13.8 Å². The molecule has 1 saturated heterocycles. The second-order valence-electron chi connectivity index (χ2n) is 6.51. The zero-order chi connectivity index (χ0) is 17.0. The number of amides is 2. The standard InChI is InChI=1S/C17H25N3O3/c1-11(2)15-7-6-14(16(22)19-15)17(23)20-8-4-5-13(10-20)9-18-12(3)21/h6-7,11,13H,4-5,8-10H2,1-3H3,(H,18,21)(H,19,22). The van der Waals surface area contributed by atoms with Crippen molar-refractivity contribution in [2.75, 3.05) is 19.6 Å². The maximum absolute atomic E-state index is 12.6. The van der Waals surface area contributed by atoms with Crippen molar-refractivity contribution in [3.05, 3.63) is 33.7 Å². The first-order chi connectivity index (χ1) is 10.9. The van der Waals surface area contributed by atoms with E-state index in [4.69, 9.17) is 0 Å². The van der Waals surface area contributed by atoms with Gasteiger partial charge in [-0.05, 0) is 36.8 Å². The van der Waals surface area contributed by atoms with Crippen LogP contribution in [0.15, 0.2) is 16.9 Å². The third-order valence-corrected chi connectivity index (χ3v) is 4.23. The van der Waals surface area contributed by atoms with Crippen molar-refractivity contribution >= 4 is 11.8 Å². The molecule has 2 rings (SSSR count). The quantitative estimate of drug-likeness (QED) is 0.882. The van der Waals surface area contributed by atoms with Crippen LogP contribution in [0.5, 0.6) is 0 Å². The lowest BCUT2D eigenvalue weighted by Crippen LogP contribution is -2.44. The summed E-state index contributed by atoms with van der Waals surface area (Å²) in [4.78, 5) is 40.3. The molecule has 1 atom stereocenters. The molecule has 23 heavy (non-hydrogen) atoms. The zero-order valence-electron chi connectivity index (χ0n) is 14.0. The molecule has 0 aromatic carbocycles. The number of nitrogens with zero attached hydrogens (tertiary/aromatic N) is 1. The molecule has 1 aliphatic rings. The minimum Gasteiger partial charge on any atom is -0.356 e. The van der Waals surface area contributed by atoms with Gasteiger partial charge in [0.25, 0.3) is 11.5 Å². The number of hydrogen-bond acceptors (Lipinski definition) is 3. The number of hydrogen-bond donors (Lipinski definition) is 2. The van der Waals surface area contributed by atoms with Crippen LogP contribution in [-0.4, -0.2) is 41.3 Å². The number of carbonyl (C=O) groups excluding carboxylic acids is 2. The number of likely N-dealkylation sites (tertiary alicyclic amines) is 1.